The number of rotatable bonds is 10. The number of hydrogen-bond acceptors (Lipinski definition) is 4. The van der Waals surface area contributed by atoms with Crippen LogP contribution >= 0.6 is 11.6 Å². The summed E-state index contributed by atoms with van der Waals surface area (Å²) in [4.78, 5) is 0. The average molecular weight is 288 g/mol. The number of methoxy groups -OCH3 is 1. The Morgan fingerprint density at radius 3 is 2.68 bits per heavy atom. The highest BCUT2D eigenvalue weighted by atomic mass is 35.5. The van der Waals surface area contributed by atoms with Crippen molar-refractivity contribution >= 4 is 11.6 Å². The van der Waals surface area contributed by atoms with Crippen molar-refractivity contribution in [2.75, 3.05) is 46.6 Å². The van der Waals surface area contributed by atoms with Crippen LogP contribution in [0.3, 0.4) is 0 Å². The number of ether oxygens (including phenoxy) is 3. The Labute approximate surface area is 120 Å². The van der Waals surface area contributed by atoms with E-state index < -0.39 is 0 Å². The van der Waals surface area contributed by atoms with E-state index in [0.717, 1.165) is 25.3 Å². The molecule has 0 aliphatic carbocycles. The molecule has 5 heteroatoms. The van der Waals surface area contributed by atoms with Gasteiger partial charge in [0.25, 0.3) is 0 Å². The first kappa shape index (κ1) is 16.2. The zero-order chi connectivity index (χ0) is 13.9. The zero-order valence-electron chi connectivity index (χ0n) is 11.6. The molecular formula is C14H22ClNO3. The first-order valence-corrected chi connectivity index (χ1v) is 6.78. The van der Waals surface area contributed by atoms with Crippen LogP contribution in [-0.2, 0) is 9.47 Å². The fourth-order valence-electron chi connectivity index (χ4n) is 1.48. The fourth-order valence-corrected chi connectivity index (χ4v) is 1.65. The summed E-state index contributed by atoms with van der Waals surface area (Å²) in [5.74, 6) is 0.712. The maximum absolute atomic E-state index is 6.02. The lowest BCUT2D eigenvalue weighted by Crippen LogP contribution is -2.24. The van der Waals surface area contributed by atoms with Gasteiger partial charge >= 0.3 is 0 Å². The normalized spacial score (nSPS) is 10.7. The van der Waals surface area contributed by atoms with Gasteiger partial charge in [0.05, 0.1) is 24.8 Å². The number of nitrogens with one attached hydrogen (secondary N) is 1. The third-order valence-electron chi connectivity index (χ3n) is 2.48. The molecular weight excluding hydrogens is 266 g/mol. The predicted molar refractivity (Wildman–Crippen MR) is 77.2 cm³/mol. The topological polar surface area (TPSA) is 39.7 Å². The van der Waals surface area contributed by atoms with Crippen molar-refractivity contribution in [2.24, 2.45) is 0 Å². The van der Waals surface area contributed by atoms with Crippen molar-refractivity contribution in [1.82, 2.24) is 5.32 Å². The summed E-state index contributed by atoms with van der Waals surface area (Å²) in [7, 11) is 1.69. The summed E-state index contributed by atoms with van der Waals surface area (Å²) in [5.41, 5.74) is 1.13. The minimum absolute atomic E-state index is 0.501. The van der Waals surface area contributed by atoms with E-state index in [0.29, 0.717) is 30.6 Å². The van der Waals surface area contributed by atoms with Crippen LogP contribution in [0.15, 0.2) is 18.2 Å². The Balaban J connectivity index is 2.03. The van der Waals surface area contributed by atoms with Gasteiger partial charge in [-0.05, 0) is 24.6 Å². The molecule has 1 rings (SSSR count). The summed E-state index contributed by atoms with van der Waals surface area (Å²) in [6.45, 7) is 6.09. The van der Waals surface area contributed by atoms with Crippen LogP contribution in [0.25, 0.3) is 0 Å². The molecule has 0 saturated carbocycles. The van der Waals surface area contributed by atoms with Crippen molar-refractivity contribution in [1.29, 1.82) is 0 Å². The van der Waals surface area contributed by atoms with Gasteiger partial charge in [-0.25, -0.2) is 0 Å². The lowest BCUT2D eigenvalue weighted by atomic mass is 10.2. The third-order valence-corrected chi connectivity index (χ3v) is 2.79. The van der Waals surface area contributed by atoms with Crippen LogP contribution in [-0.4, -0.2) is 46.6 Å². The molecule has 4 nitrogen and oxygen atoms in total. The van der Waals surface area contributed by atoms with Gasteiger partial charge in [0, 0.05) is 20.2 Å². The molecule has 1 N–H and O–H groups in total. The van der Waals surface area contributed by atoms with Crippen LogP contribution in [0.1, 0.15) is 5.56 Å². The van der Waals surface area contributed by atoms with Gasteiger partial charge in [-0.1, -0.05) is 17.7 Å². The van der Waals surface area contributed by atoms with Crippen molar-refractivity contribution in [3.8, 4) is 5.75 Å². The number of benzene rings is 1. The molecule has 0 amide bonds. The highest BCUT2D eigenvalue weighted by Crippen LogP contribution is 2.24. The quantitative estimate of drug-likeness (QED) is 0.670. The molecule has 19 heavy (non-hydrogen) atoms. The van der Waals surface area contributed by atoms with Gasteiger partial charge in [-0.3, -0.25) is 0 Å². The smallest absolute Gasteiger partial charge is 0.138 e. The minimum Gasteiger partial charge on any atom is -0.490 e. The Hall–Kier alpha value is -0.810. The van der Waals surface area contributed by atoms with Gasteiger partial charge in [0.15, 0.2) is 0 Å². The molecule has 0 spiro atoms. The van der Waals surface area contributed by atoms with Gasteiger partial charge in [0.2, 0.25) is 0 Å². The van der Waals surface area contributed by atoms with E-state index in [-0.39, 0.29) is 0 Å². The predicted octanol–water partition coefficient (Wildman–Crippen LogP) is 2.28. The van der Waals surface area contributed by atoms with E-state index in [1.54, 1.807) is 7.11 Å². The molecule has 0 aliphatic heterocycles. The second-order valence-electron chi connectivity index (χ2n) is 4.14. The first-order chi connectivity index (χ1) is 9.24. The molecule has 0 aliphatic rings. The molecule has 0 unspecified atom stereocenters. The minimum atomic E-state index is 0.501. The maximum Gasteiger partial charge on any atom is 0.138 e. The van der Waals surface area contributed by atoms with Crippen molar-refractivity contribution in [3.05, 3.63) is 28.8 Å². The molecule has 0 bridgehead atoms. The van der Waals surface area contributed by atoms with Crippen molar-refractivity contribution in [2.45, 2.75) is 6.92 Å². The highest BCUT2D eigenvalue weighted by Gasteiger charge is 2.01. The maximum atomic E-state index is 6.02. The van der Waals surface area contributed by atoms with Crippen LogP contribution in [0.4, 0.5) is 0 Å². The summed E-state index contributed by atoms with van der Waals surface area (Å²) in [6, 6.07) is 5.72. The standard InChI is InChI=1S/C14H22ClNO3/c1-12-3-4-13(15)14(11-12)19-10-9-18-8-6-16-5-7-17-2/h3-4,11,16H,5-10H2,1-2H3. The van der Waals surface area contributed by atoms with E-state index >= 15 is 0 Å². The number of halogens is 1. The van der Waals surface area contributed by atoms with Crippen LogP contribution < -0.4 is 10.1 Å². The highest BCUT2D eigenvalue weighted by molar-refractivity contribution is 6.32. The summed E-state index contributed by atoms with van der Waals surface area (Å²) in [5, 5.41) is 3.83. The van der Waals surface area contributed by atoms with Gasteiger partial charge in [-0.2, -0.15) is 0 Å². The Bertz CT molecular complexity index is 361. The first-order valence-electron chi connectivity index (χ1n) is 6.40. The molecule has 0 heterocycles. The van der Waals surface area contributed by atoms with E-state index in [1.165, 1.54) is 0 Å². The molecule has 1 aromatic carbocycles. The third kappa shape index (κ3) is 7.38. The van der Waals surface area contributed by atoms with Gasteiger partial charge < -0.3 is 19.5 Å². The van der Waals surface area contributed by atoms with Crippen LogP contribution in [0.5, 0.6) is 5.75 Å². The Morgan fingerprint density at radius 2 is 1.89 bits per heavy atom. The molecule has 0 fully saturated rings. The fraction of sp³-hybridized carbons (Fsp3) is 0.571. The van der Waals surface area contributed by atoms with Crippen LogP contribution in [0, 0.1) is 6.92 Å². The molecule has 0 atom stereocenters. The second-order valence-corrected chi connectivity index (χ2v) is 4.54. The second kappa shape index (κ2) is 10.0. The Morgan fingerprint density at radius 1 is 1.11 bits per heavy atom. The van der Waals surface area contributed by atoms with E-state index in [1.807, 2.05) is 25.1 Å². The summed E-state index contributed by atoms with van der Waals surface area (Å²) in [6.07, 6.45) is 0. The SMILES string of the molecule is COCCNCCOCCOc1cc(C)ccc1Cl. The average Bonchev–Trinajstić information content (AvgIpc) is 2.40. The van der Waals surface area contributed by atoms with E-state index in [2.05, 4.69) is 5.32 Å². The molecule has 0 radical (unpaired) electrons. The molecule has 108 valence electrons. The van der Waals surface area contributed by atoms with Gasteiger partial charge in [-0.15, -0.1) is 0 Å². The van der Waals surface area contributed by atoms with Crippen molar-refractivity contribution in [3.63, 3.8) is 0 Å². The molecule has 0 aromatic heterocycles. The van der Waals surface area contributed by atoms with Crippen LogP contribution in [0.2, 0.25) is 5.02 Å². The lowest BCUT2D eigenvalue weighted by molar-refractivity contribution is 0.100. The monoisotopic (exact) mass is 287 g/mol. The van der Waals surface area contributed by atoms with E-state index in [9.17, 15) is 0 Å². The lowest BCUT2D eigenvalue weighted by Gasteiger charge is -2.09. The van der Waals surface area contributed by atoms with Crippen molar-refractivity contribution < 1.29 is 14.2 Å². The summed E-state index contributed by atoms with van der Waals surface area (Å²) >= 11 is 6.02. The number of hydrogen-bond donors (Lipinski definition) is 1. The zero-order valence-corrected chi connectivity index (χ0v) is 12.3. The number of aryl methyl sites for hydroxylation is 1. The summed E-state index contributed by atoms with van der Waals surface area (Å²) < 4.78 is 15.9. The largest absolute Gasteiger partial charge is 0.490 e. The Kier molecular flexibility index (Phi) is 8.58. The molecule has 1 aromatic rings. The van der Waals surface area contributed by atoms with E-state index in [4.69, 9.17) is 25.8 Å². The molecule has 0 saturated heterocycles. The van der Waals surface area contributed by atoms with Gasteiger partial charge in [0.1, 0.15) is 12.4 Å².